The molecular formula is C12H14F3N3O. The van der Waals surface area contributed by atoms with Crippen LogP contribution in [0.5, 0.6) is 0 Å². The molecule has 1 saturated heterocycles. The van der Waals surface area contributed by atoms with Gasteiger partial charge < -0.3 is 10.6 Å². The fraction of sp³-hybridized carbons (Fsp3) is 0.500. The molecule has 104 valence electrons. The summed E-state index contributed by atoms with van der Waals surface area (Å²) in [6, 6.07) is 2.13. The van der Waals surface area contributed by atoms with Crippen LogP contribution < -0.4 is 10.6 Å². The van der Waals surface area contributed by atoms with E-state index in [0.29, 0.717) is 0 Å². The first-order valence-electron chi connectivity index (χ1n) is 5.95. The van der Waals surface area contributed by atoms with E-state index >= 15 is 0 Å². The number of hydrogen-bond acceptors (Lipinski definition) is 3. The lowest BCUT2D eigenvalue weighted by atomic mass is 10.0. The summed E-state index contributed by atoms with van der Waals surface area (Å²) in [6.45, 7) is 2.67. The zero-order chi connectivity index (χ0) is 14.0. The zero-order valence-electron chi connectivity index (χ0n) is 10.3. The minimum Gasteiger partial charge on any atom is -0.324 e. The first-order chi connectivity index (χ1) is 8.88. The third-order valence-electron chi connectivity index (χ3n) is 3.18. The predicted octanol–water partition coefficient (Wildman–Crippen LogP) is 2.04. The van der Waals surface area contributed by atoms with E-state index in [4.69, 9.17) is 0 Å². The normalized spacial score (nSPS) is 23.4. The summed E-state index contributed by atoms with van der Waals surface area (Å²) in [5.41, 5.74) is -0.696. The average Bonchev–Trinajstić information content (AvgIpc) is 2.75. The van der Waals surface area contributed by atoms with E-state index in [1.807, 2.05) is 6.92 Å². The van der Waals surface area contributed by atoms with Gasteiger partial charge in [-0.25, -0.2) is 4.98 Å². The summed E-state index contributed by atoms with van der Waals surface area (Å²) in [5, 5.41) is 5.72. The fourth-order valence-corrected chi connectivity index (χ4v) is 2.09. The lowest BCUT2D eigenvalue weighted by molar-refractivity contribution is -0.141. The summed E-state index contributed by atoms with van der Waals surface area (Å²) >= 11 is 0. The van der Waals surface area contributed by atoms with Crippen LogP contribution in [0.15, 0.2) is 18.3 Å². The van der Waals surface area contributed by atoms with Gasteiger partial charge in [-0.1, -0.05) is 0 Å². The van der Waals surface area contributed by atoms with Crippen LogP contribution in [0.1, 0.15) is 19.0 Å². The molecule has 2 N–H and O–H groups in total. The molecule has 4 nitrogen and oxygen atoms in total. The molecule has 1 aliphatic rings. The third kappa shape index (κ3) is 3.23. The second-order valence-electron chi connectivity index (χ2n) is 4.56. The number of carbonyl (C=O) groups is 1. The van der Waals surface area contributed by atoms with Gasteiger partial charge >= 0.3 is 6.18 Å². The Balaban J connectivity index is 2.02. The predicted molar refractivity (Wildman–Crippen MR) is 63.4 cm³/mol. The van der Waals surface area contributed by atoms with Crippen LogP contribution in [-0.4, -0.2) is 23.5 Å². The van der Waals surface area contributed by atoms with Crippen molar-refractivity contribution in [2.45, 2.75) is 25.6 Å². The maximum absolute atomic E-state index is 12.3. The van der Waals surface area contributed by atoms with E-state index < -0.39 is 11.9 Å². The molecule has 2 atom stereocenters. The topological polar surface area (TPSA) is 54.0 Å². The van der Waals surface area contributed by atoms with Gasteiger partial charge in [0, 0.05) is 6.04 Å². The summed E-state index contributed by atoms with van der Waals surface area (Å²) in [6.07, 6.45) is -2.72. The van der Waals surface area contributed by atoms with Crippen molar-refractivity contribution in [3.8, 4) is 0 Å². The van der Waals surface area contributed by atoms with Gasteiger partial charge in [0.25, 0.3) is 0 Å². The maximum atomic E-state index is 12.3. The van der Waals surface area contributed by atoms with Gasteiger partial charge in [-0.05, 0) is 32.0 Å². The number of halogens is 3. The van der Waals surface area contributed by atoms with Gasteiger partial charge in [0.15, 0.2) is 0 Å². The van der Waals surface area contributed by atoms with Crippen LogP contribution in [-0.2, 0) is 11.0 Å². The lowest BCUT2D eigenvalue weighted by Crippen LogP contribution is -2.32. The van der Waals surface area contributed by atoms with Gasteiger partial charge in [-0.15, -0.1) is 0 Å². The first kappa shape index (κ1) is 13.8. The number of pyridine rings is 1. The van der Waals surface area contributed by atoms with Crippen molar-refractivity contribution in [1.82, 2.24) is 10.3 Å². The molecule has 0 spiro atoms. The van der Waals surface area contributed by atoms with Crippen molar-refractivity contribution in [2.24, 2.45) is 5.92 Å². The van der Waals surface area contributed by atoms with Crippen LogP contribution in [0.2, 0.25) is 0 Å². The number of anilines is 1. The molecule has 2 rings (SSSR count). The number of rotatable bonds is 2. The summed E-state index contributed by atoms with van der Waals surface area (Å²) in [4.78, 5) is 15.2. The Morgan fingerprint density at radius 1 is 1.47 bits per heavy atom. The summed E-state index contributed by atoms with van der Waals surface area (Å²) in [7, 11) is 0. The van der Waals surface area contributed by atoms with E-state index in [2.05, 4.69) is 15.6 Å². The molecule has 0 saturated carbocycles. The van der Waals surface area contributed by atoms with Crippen molar-refractivity contribution in [2.75, 3.05) is 11.9 Å². The fourth-order valence-electron chi connectivity index (χ4n) is 2.09. The largest absolute Gasteiger partial charge is 0.433 e. The number of hydrogen-bond donors (Lipinski definition) is 2. The SMILES string of the molecule is CC1NCCC1C(=O)Nc1ccc(C(F)(F)F)nc1. The Hall–Kier alpha value is -1.63. The zero-order valence-corrected chi connectivity index (χ0v) is 10.3. The van der Waals surface area contributed by atoms with E-state index in [1.54, 1.807) is 0 Å². The molecule has 0 aromatic carbocycles. The van der Waals surface area contributed by atoms with E-state index in [1.165, 1.54) is 6.07 Å². The van der Waals surface area contributed by atoms with Crippen molar-refractivity contribution in [1.29, 1.82) is 0 Å². The average molecular weight is 273 g/mol. The second-order valence-corrected chi connectivity index (χ2v) is 4.56. The highest BCUT2D eigenvalue weighted by Gasteiger charge is 2.32. The molecule has 1 amide bonds. The van der Waals surface area contributed by atoms with Crippen molar-refractivity contribution in [3.63, 3.8) is 0 Å². The summed E-state index contributed by atoms with van der Waals surface area (Å²) < 4.78 is 37.0. The lowest BCUT2D eigenvalue weighted by Gasteiger charge is -2.15. The van der Waals surface area contributed by atoms with Crippen LogP contribution in [0.25, 0.3) is 0 Å². The molecule has 0 bridgehead atoms. The van der Waals surface area contributed by atoms with Gasteiger partial charge in [-0.3, -0.25) is 4.79 Å². The molecule has 0 radical (unpaired) electrons. The number of alkyl halides is 3. The third-order valence-corrected chi connectivity index (χ3v) is 3.18. The molecule has 1 aromatic heterocycles. The minimum atomic E-state index is -4.47. The first-order valence-corrected chi connectivity index (χ1v) is 5.95. The number of amides is 1. The van der Waals surface area contributed by atoms with E-state index in [9.17, 15) is 18.0 Å². The van der Waals surface area contributed by atoms with Gasteiger partial charge in [-0.2, -0.15) is 13.2 Å². The van der Waals surface area contributed by atoms with E-state index in [-0.39, 0.29) is 23.6 Å². The maximum Gasteiger partial charge on any atom is 0.433 e. The Labute approximate surface area is 108 Å². The highest BCUT2D eigenvalue weighted by atomic mass is 19.4. The van der Waals surface area contributed by atoms with Crippen molar-refractivity contribution < 1.29 is 18.0 Å². The van der Waals surface area contributed by atoms with Crippen LogP contribution in [0.3, 0.4) is 0 Å². The molecule has 19 heavy (non-hydrogen) atoms. The molecule has 1 aromatic rings. The number of nitrogens with one attached hydrogen (secondary N) is 2. The molecule has 1 fully saturated rings. The van der Waals surface area contributed by atoms with Crippen molar-refractivity contribution in [3.05, 3.63) is 24.0 Å². The molecule has 2 unspecified atom stereocenters. The molecule has 2 heterocycles. The minimum absolute atomic E-state index is 0.0717. The van der Waals surface area contributed by atoms with Crippen LogP contribution in [0, 0.1) is 5.92 Å². The Bertz CT molecular complexity index is 458. The van der Waals surface area contributed by atoms with Gasteiger partial charge in [0.2, 0.25) is 5.91 Å². The molecule has 0 aliphatic carbocycles. The number of nitrogens with zero attached hydrogens (tertiary/aromatic N) is 1. The monoisotopic (exact) mass is 273 g/mol. The smallest absolute Gasteiger partial charge is 0.324 e. The highest BCUT2D eigenvalue weighted by molar-refractivity contribution is 5.93. The quantitative estimate of drug-likeness (QED) is 0.867. The molecular weight excluding hydrogens is 259 g/mol. The van der Waals surface area contributed by atoms with Gasteiger partial charge in [0.1, 0.15) is 5.69 Å². The molecule has 7 heteroatoms. The van der Waals surface area contributed by atoms with Gasteiger partial charge in [0.05, 0.1) is 17.8 Å². The number of aromatic nitrogens is 1. The standard InChI is InChI=1S/C12H14F3N3O/c1-7-9(4-5-16-7)11(19)18-8-2-3-10(17-6-8)12(13,14)15/h2-3,6-7,9,16H,4-5H2,1H3,(H,18,19). The van der Waals surface area contributed by atoms with E-state index in [0.717, 1.165) is 25.2 Å². The number of carbonyl (C=O) groups excluding carboxylic acids is 1. The van der Waals surface area contributed by atoms with Crippen LogP contribution in [0.4, 0.5) is 18.9 Å². The molecule has 1 aliphatic heterocycles. The second kappa shape index (κ2) is 5.16. The Kier molecular flexibility index (Phi) is 3.75. The highest BCUT2D eigenvalue weighted by Crippen LogP contribution is 2.28. The Morgan fingerprint density at radius 2 is 2.21 bits per heavy atom. The van der Waals surface area contributed by atoms with Crippen LogP contribution >= 0.6 is 0 Å². The summed E-state index contributed by atoms with van der Waals surface area (Å²) in [5.74, 6) is -0.360. The van der Waals surface area contributed by atoms with Crippen molar-refractivity contribution >= 4 is 11.6 Å². The Morgan fingerprint density at radius 3 is 2.68 bits per heavy atom.